The number of hydrogen-bond acceptors (Lipinski definition) is 1. The van der Waals surface area contributed by atoms with Crippen LogP contribution in [-0.2, 0) is 0 Å². The first-order valence-corrected chi connectivity index (χ1v) is 7.49. The summed E-state index contributed by atoms with van der Waals surface area (Å²) >= 11 is 9.30. The molecule has 0 aromatic heterocycles. The van der Waals surface area contributed by atoms with Crippen molar-refractivity contribution in [1.29, 1.82) is 0 Å². The Labute approximate surface area is 121 Å². The fraction of sp³-hybridized carbons (Fsp3) is 0.500. The fourth-order valence-corrected chi connectivity index (χ4v) is 2.96. The van der Waals surface area contributed by atoms with Crippen molar-refractivity contribution in [1.82, 2.24) is 4.90 Å². The van der Waals surface area contributed by atoms with Gasteiger partial charge in [0.25, 0.3) is 5.91 Å². The molecule has 0 heterocycles. The Kier molecular flexibility index (Phi) is 4.68. The molecule has 1 aromatic carbocycles. The molecule has 2 rings (SSSR count). The minimum Gasteiger partial charge on any atom is -0.339 e. The quantitative estimate of drug-likeness (QED) is 0.781. The molecule has 0 radical (unpaired) electrons. The van der Waals surface area contributed by atoms with E-state index in [1.807, 2.05) is 11.9 Å². The maximum absolute atomic E-state index is 12.4. The molecule has 0 atom stereocenters. The van der Waals surface area contributed by atoms with Crippen LogP contribution in [0, 0.1) is 0 Å². The van der Waals surface area contributed by atoms with Gasteiger partial charge < -0.3 is 4.90 Å². The monoisotopic (exact) mass is 329 g/mol. The van der Waals surface area contributed by atoms with Crippen LogP contribution in [0.2, 0.25) is 5.02 Å². The summed E-state index contributed by atoms with van der Waals surface area (Å²) in [7, 11) is 1.90. The van der Waals surface area contributed by atoms with Crippen molar-refractivity contribution in [2.75, 3.05) is 7.05 Å². The molecular weight excluding hydrogens is 314 g/mol. The van der Waals surface area contributed by atoms with Crippen LogP contribution in [0.3, 0.4) is 0 Å². The van der Waals surface area contributed by atoms with E-state index in [0.717, 1.165) is 17.3 Å². The summed E-state index contributed by atoms with van der Waals surface area (Å²) in [6.07, 6.45) is 6.00. The second-order valence-electron chi connectivity index (χ2n) is 4.84. The molecule has 1 amide bonds. The molecule has 1 aliphatic carbocycles. The highest BCUT2D eigenvalue weighted by atomic mass is 79.9. The Morgan fingerprint density at radius 2 is 2.00 bits per heavy atom. The molecule has 0 saturated heterocycles. The zero-order chi connectivity index (χ0) is 13.1. The number of nitrogens with zero attached hydrogens (tertiary/aromatic N) is 1. The third-order valence-corrected chi connectivity index (χ3v) is 4.82. The molecule has 0 unspecified atom stereocenters. The minimum atomic E-state index is 0.0827. The highest BCUT2D eigenvalue weighted by molar-refractivity contribution is 9.10. The first-order chi connectivity index (χ1) is 8.59. The zero-order valence-electron chi connectivity index (χ0n) is 10.5. The standard InChI is InChI=1S/C14H17BrClNO/c1-17(11-5-3-2-4-6-11)14(18)10-7-8-13(16)12(15)9-10/h7-9,11H,2-6H2,1H3. The summed E-state index contributed by atoms with van der Waals surface area (Å²) in [4.78, 5) is 14.3. The molecule has 1 saturated carbocycles. The first-order valence-electron chi connectivity index (χ1n) is 6.32. The van der Waals surface area contributed by atoms with Crippen LogP contribution in [0.4, 0.5) is 0 Å². The molecule has 1 aliphatic rings. The van der Waals surface area contributed by atoms with Gasteiger partial charge in [0.1, 0.15) is 0 Å². The zero-order valence-corrected chi connectivity index (χ0v) is 12.8. The van der Waals surface area contributed by atoms with Crippen LogP contribution in [0.5, 0.6) is 0 Å². The summed E-state index contributed by atoms with van der Waals surface area (Å²) in [6.45, 7) is 0. The van der Waals surface area contributed by atoms with E-state index in [9.17, 15) is 4.79 Å². The van der Waals surface area contributed by atoms with Crippen LogP contribution in [0.1, 0.15) is 42.5 Å². The summed E-state index contributed by atoms with van der Waals surface area (Å²) < 4.78 is 0.770. The first kappa shape index (κ1) is 13.9. The molecule has 4 heteroatoms. The van der Waals surface area contributed by atoms with Crippen molar-refractivity contribution in [3.05, 3.63) is 33.3 Å². The van der Waals surface area contributed by atoms with Gasteiger partial charge in [0.2, 0.25) is 0 Å². The van der Waals surface area contributed by atoms with Crippen LogP contribution in [0.25, 0.3) is 0 Å². The fourth-order valence-electron chi connectivity index (χ4n) is 2.47. The van der Waals surface area contributed by atoms with Crippen LogP contribution < -0.4 is 0 Å². The third-order valence-electron chi connectivity index (χ3n) is 3.61. The van der Waals surface area contributed by atoms with E-state index in [1.165, 1.54) is 19.3 Å². The van der Waals surface area contributed by atoms with E-state index in [4.69, 9.17) is 11.6 Å². The van der Waals surface area contributed by atoms with Crippen LogP contribution >= 0.6 is 27.5 Å². The van der Waals surface area contributed by atoms with Gasteiger partial charge in [-0.25, -0.2) is 0 Å². The Hall–Kier alpha value is -0.540. The normalized spacial score (nSPS) is 16.6. The molecule has 98 valence electrons. The van der Waals surface area contributed by atoms with E-state index in [1.54, 1.807) is 18.2 Å². The second kappa shape index (κ2) is 6.07. The number of carbonyl (C=O) groups excluding carboxylic acids is 1. The molecule has 1 fully saturated rings. The SMILES string of the molecule is CN(C(=O)c1ccc(Cl)c(Br)c1)C1CCCCC1. The van der Waals surface area contributed by atoms with Crippen molar-refractivity contribution in [3.8, 4) is 0 Å². The molecule has 18 heavy (non-hydrogen) atoms. The maximum atomic E-state index is 12.4. The summed E-state index contributed by atoms with van der Waals surface area (Å²) in [5.41, 5.74) is 0.694. The summed E-state index contributed by atoms with van der Waals surface area (Å²) in [5.74, 6) is 0.0827. The lowest BCUT2D eigenvalue weighted by Crippen LogP contribution is -2.38. The average molecular weight is 331 g/mol. The Morgan fingerprint density at radius 1 is 1.33 bits per heavy atom. The molecular formula is C14H17BrClNO. The van der Waals surface area contributed by atoms with Crippen molar-refractivity contribution < 1.29 is 4.79 Å². The molecule has 0 bridgehead atoms. The number of amides is 1. The predicted molar refractivity (Wildman–Crippen MR) is 78.1 cm³/mol. The molecule has 1 aromatic rings. The van der Waals surface area contributed by atoms with E-state index < -0.39 is 0 Å². The molecule has 0 aliphatic heterocycles. The van der Waals surface area contributed by atoms with Crippen molar-refractivity contribution in [2.24, 2.45) is 0 Å². The van der Waals surface area contributed by atoms with Gasteiger partial charge in [-0.1, -0.05) is 30.9 Å². The van der Waals surface area contributed by atoms with Gasteiger partial charge in [0.05, 0.1) is 5.02 Å². The second-order valence-corrected chi connectivity index (χ2v) is 6.10. The van der Waals surface area contributed by atoms with E-state index in [0.29, 0.717) is 16.6 Å². The van der Waals surface area contributed by atoms with Gasteiger partial charge in [-0.2, -0.15) is 0 Å². The van der Waals surface area contributed by atoms with Crippen LogP contribution in [-0.4, -0.2) is 23.9 Å². The van der Waals surface area contributed by atoms with Gasteiger partial charge in [-0.05, 0) is 47.0 Å². The minimum absolute atomic E-state index is 0.0827. The lowest BCUT2D eigenvalue weighted by Gasteiger charge is -2.31. The number of hydrogen-bond donors (Lipinski definition) is 0. The molecule has 0 N–H and O–H groups in total. The summed E-state index contributed by atoms with van der Waals surface area (Å²) in [6, 6.07) is 5.73. The van der Waals surface area contributed by atoms with Gasteiger partial charge in [0.15, 0.2) is 0 Å². The Balaban J connectivity index is 2.11. The molecule has 0 spiro atoms. The van der Waals surface area contributed by atoms with Gasteiger partial charge in [0, 0.05) is 23.1 Å². The van der Waals surface area contributed by atoms with Crippen molar-refractivity contribution in [2.45, 2.75) is 38.1 Å². The number of halogens is 2. The highest BCUT2D eigenvalue weighted by Crippen LogP contribution is 2.26. The van der Waals surface area contributed by atoms with Crippen molar-refractivity contribution >= 4 is 33.4 Å². The smallest absolute Gasteiger partial charge is 0.253 e. The Bertz CT molecular complexity index is 443. The maximum Gasteiger partial charge on any atom is 0.253 e. The topological polar surface area (TPSA) is 20.3 Å². The lowest BCUT2D eigenvalue weighted by molar-refractivity contribution is 0.0696. The van der Waals surface area contributed by atoms with E-state index in [-0.39, 0.29) is 5.91 Å². The van der Waals surface area contributed by atoms with Gasteiger partial charge >= 0.3 is 0 Å². The van der Waals surface area contributed by atoms with E-state index in [2.05, 4.69) is 15.9 Å². The number of rotatable bonds is 2. The van der Waals surface area contributed by atoms with E-state index >= 15 is 0 Å². The van der Waals surface area contributed by atoms with Crippen LogP contribution in [0.15, 0.2) is 22.7 Å². The number of carbonyl (C=O) groups is 1. The van der Waals surface area contributed by atoms with Gasteiger partial charge in [-0.3, -0.25) is 4.79 Å². The average Bonchev–Trinajstić information content (AvgIpc) is 2.41. The largest absolute Gasteiger partial charge is 0.339 e. The van der Waals surface area contributed by atoms with Gasteiger partial charge in [-0.15, -0.1) is 0 Å². The van der Waals surface area contributed by atoms with Crippen molar-refractivity contribution in [3.63, 3.8) is 0 Å². The molecule has 2 nitrogen and oxygen atoms in total. The Morgan fingerprint density at radius 3 is 2.61 bits per heavy atom. The summed E-state index contributed by atoms with van der Waals surface area (Å²) in [5, 5.41) is 0.631. The predicted octanol–water partition coefficient (Wildman–Crippen LogP) is 4.51. The third kappa shape index (κ3) is 3.07. The number of benzene rings is 1. The highest BCUT2D eigenvalue weighted by Gasteiger charge is 2.23. The lowest BCUT2D eigenvalue weighted by atomic mass is 9.94.